The van der Waals surface area contributed by atoms with Gasteiger partial charge in [0, 0.05) is 25.2 Å². The van der Waals surface area contributed by atoms with Crippen LogP contribution in [0.4, 0.5) is 36.4 Å². The summed E-state index contributed by atoms with van der Waals surface area (Å²) >= 11 is 5.63. The zero-order valence-corrected chi connectivity index (χ0v) is 17.6. The van der Waals surface area contributed by atoms with Gasteiger partial charge in [0.1, 0.15) is 11.6 Å². The molecule has 8 nitrogen and oxygen atoms in total. The number of benzene rings is 1. The molecule has 0 saturated carbocycles. The van der Waals surface area contributed by atoms with Crippen LogP contribution in [0.1, 0.15) is 42.7 Å². The molecular formula is C20H20ClF3N6O2. The van der Waals surface area contributed by atoms with E-state index in [0.717, 1.165) is 44.5 Å². The molecule has 12 heteroatoms. The van der Waals surface area contributed by atoms with Crippen LogP contribution in [0.2, 0.25) is 5.02 Å². The van der Waals surface area contributed by atoms with E-state index in [-0.39, 0.29) is 29.3 Å². The van der Waals surface area contributed by atoms with E-state index in [4.69, 9.17) is 17.3 Å². The maximum atomic E-state index is 13.1. The van der Waals surface area contributed by atoms with E-state index in [2.05, 4.69) is 20.6 Å². The summed E-state index contributed by atoms with van der Waals surface area (Å²) in [4.78, 5) is 35.9. The Kier molecular flexibility index (Phi) is 5.85. The molecule has 1 atom stereocenters. The average molecular weight is 469 g/mol. The Labute approximate surface area is 186 Å². The molecule has 2 amide bonds. The predicted octanol–water partition coefficient (Wildman–Crippen LogP) is 3.79. The lowest BCUT2D eigenvalue weighted by Crippen LogP contribution is -2.35. The Balaban J connectivity index is 1.63. The minimum Gasteiger partial charge on any atom is -0.383 e. The number of hydrogen-bond donors (Lipinski definition) is 3. The summed E-state index contributed by atoms with van der Waals surface area (Å²) < 4.78 is 39.4. The van der Waals surface area contributed by atoms with Gasteiger partial charge >= 0.3 is 6.18 Å². The molecule has 2 aliphatic rings. The molecule has 4 N–H and O–H groups in total. The van der Waals surface area contributed by atoms with Crippen LogP contribution in [0, 0.1) is 0 Å². The quantitative estimate of drug-likeness (QED) is 0.631. The summed E-state index contributed by atoms with van der Waals surface area (Å²) in [6.07, 6.45) is -1.85. The highest BCUT2D eigenvalue weighted by Gasteiger charge is 2.36. The van der Waals surface area contributed by atoms with Crippen LogP contribution in [-0.2, 0) is 15.8 Å². The molecule has 0 aliphatic carbocycles. The minimum atomic E-state index is -4.68. The number of nitrogens with two attached hydrogens (primary N) is 1. The molecule has 0 bridgehead atoms. The normalized spacial score (nSPS) is 18.7. The third-order valence-corrected chi connectivity index (χ3v) is 5.78. The van der Waals surface area contributed by atoms with Crippen molar-refractivity contribution < 1.29 is 22.8 Å². The summed E-state index contributed by atoms with van der Waals surface area (Å²) in [5, 5.41) is 4.56. The van der Waals surface area contributed by atoms with Crippen molar-refractivity contribution in [3.05, 3.63) is 34.3 Å². The Hall–Kier alpha value is -3.08. The zero-order chi connectivity index (χ0) is 23.0. The van der Waals surface area contributed by atoms with Crippen molar-refractivity contribution in [3.63, 3.8) is 0 Å². The first-order valence-corrected chi connectivity index (χ1v) is 10.4. The van der Waals surface area contributed by atoms with E-state index in [0.29, 0.717) is 5.95 Å². The van der Waals surface area contributed by atoms with Crippen LogP contribution in [0.3, 0.4) is 0 Å². The lowest BCUT2D eigenvalue weighted by molar-refractivity contribution is -0.137. The molecule has 32 heavy (non-hydrogen) atoms. The molecule has 3 heterocycles. The number of fused-ring (bicyclic) bond motifs is 1. The highest BCUT2D eigenvalue weighted by atomic mass is 35.5. The second-order valence-electron chi connectivity index (χ2n) is 7.71. The standard InChI is InChI=1S/C20H20ClF3N6O2/c21-13-5-4-10(8-12(13)20(22,23)24)26-18(32)11-9-14(31)27-17-15(11)16(25)28-19(29-17)30-6-2-1-3-7-30/h4-5,8,11H,1-3,6-7,9H2,(H,26,32)(H3,25,27,28,29,31)/t11-/m0/s1. The molecule has 0 spiro atoms. The van der Waals surface area contributed by atoms with Crippen LogP contribution in [0.15, 0.2) is 18.2 Å². The van der Waals surface area contributed by atoms with Crippen molar-refractivity contribution in [1.29, 1.82) is 0 Å². The number of amides is 2. The smallest absolute Gasteiger partial charge is 0.383 e. The van der Waals surface area contributed by atoms with Crippen molar-refractivity contribution in [2.24, 2.45) is 0 Å². The summed E-state index contributed by atoms with van der Waals surface area (Å²) in [7, 11) is 0. The van der Waals surface area contributed by atoms with E-state index < -0.39 is 34.5 Å². The van der Waals surface area contributed by atoms with Gasteiger partial charge in [-0.2, -0.15) is 23.1 Å². The van der Waals surface area contributed by atoms with Gasteiger partial charge in [-0.3, -0.25) is 9.59 Å². The Morgan fingerprint density at radius 1 is 1.22 bits per heavy atom. The highest BCUT2D eigenvalue weighted by Crippen LogP contribution is 2.39. The van der Waals surface area contributed by atoms with Gasteiger partial charge < -0.3 is 21.3 Å². The number of nitrogens with one attached hydrogen (secondary N) is 2. The second-order valence-corrected chi connectivity index (χ2v) is 8.11. The number of hydrogen-bond acceptors (Lipinski definition) is 6. The average Bonchev–Trinajstić information content (AvgIpc) is 2.74. The molecule has 170 valence electrons. The van der Waals surface area contributed by atoms with Gasteiger partial charge in [-0.1, -0.05) is 11.6 Å². The third-order valence-electron chi connectivity index (χ3n) is 5.45. The number of nitrogen functional groups attached to an aromatic ring is 1. The Morgan fingerprint density at radius 3 is 2.62 bits per heavy atom. The number of aromatic nitrogens is 2. The number of carbonyl (C=O) groups is 2. The van der Waals surface area contributed by atoms with Gasteiger partial charge in [0.05, 0.1) is 22.1 Å². The van der Waals surface area contributed by atoms with Crippen LogP contribution in [0.25, 0.3) is 0 Å². The first-order chi connectivity index (χ1) is 15.1. The van der Waals surface area contributed by atoms with Crippen LogP contribution in [-0.4, -0.2) is 34.9 Å². The number of alkyl halides is 3. The zero-order valence-electron chi connectivity index (χ0n) is 16.8. The fraction of sp³-hybridized carbons (Fsp3) is 0.400. The number of anilines is 4. The summed E-state index contributed by atoms with van der Waals surface area (Å²) in [5.74, 6) is -1.65. The summed E-state index contributed by atoms with van der Waals surface area (Å²) in [6.45, 7) is 1.52. The SMILES string of the molecule is Nc1nc(N2CCCCC2)nc2c1[C@@H](C(=O)Nc1ccc(Cl)c(C(F)(F)F)c1)CC(=O)N2. The van der Waals surface area contributed by atoms with E-state index in [1.54, 1.807) is 0 Å². The number of piperidine rings is 1. The molecule has 1 saturated heterocycles. The summed E-state index contributed by atoms with van der Waals surface area (Å²) in [5.41, 5.74) is 5.20. The van der Waals surface area contributed by atoms with Gasteiger partial charge in [-0.25, -0.2) is 0 Å². The number of halogens is 4. The Morgan fingerprint density at radius 2 is 1.94 bits per heavy atom. The summed E-state index contributed by atoms with van der Waals surface area (Å²) in [6, 6.07) is 3.03. The molecule has 1 aromatic carbocycles. The maximum absolute atomic E-state index is 13.1. The van der Waals surface area contributed by atoms with E-state index in [9.17, 15) is 22.8 Å². The van der Waals surface area contributed by atoms with Crippen molar-refractivity contribution in [2.75, 3.05) is 34.4 Å². The molecule has 2 aromatic rings. The molecule has 4 rings (SSSR count). The van der Waals surface area contributed by atoms with Gasteiger partial charge in [0.25, 0.3) is 0 Å². The molecule has 1 aromatic heterocycles. The molecule has 0 unspecified atom stereocenters. The molecule has 0 radical (unpaired) electrons. The predicted molar refractivity (Wildman–Crippen MR) is 114 cm³/mol. The fourth-order valence-corrected chi connectivity index (χ4v) is 4.12. The van der Waals surface area contributed by atoms with Crippen LogP contribution in [0.5, 0.6) is 0 Å². The Bertz CT molecular complexity index is 1070. The molecule has 1 fully saturated rings. The third kappa shape index (κ3) is 4.43. The topological polar surface area (TPSA) is 113 Å². The van der Waals surface area contributed by atoms with Gasteiger partial charge in [-0.15, -0.1) is 0 Å². The second kappa shape index (κ2) is 8.45. The van der Waals surface area contributed by atoms with Crippen LogP contribution >= 0.6 is 11.6 Å². The number of carbonyl (C=O) groups excluding carboxylic acids is 2. The van der Waals surface area contributed by atoms with Gasteiger partial charge in [0.15, 0.2) is 0 Å². The molecule has 2 aliphatic heterocycles. The number of rotatable bonds is 3. The highest BCUT2D eigenvalue weighted by molar-refractivity contribution is 6.31. The van der Waals surface area contributed by atoms with E-state index in [1.807, 2.05) is 4.90 Å². The molecular weight excluding hydrogens is 449 g/mol. The first-order valence-electron chi connectivity index (χ1n) is 10.0. The number of nitrogens with zero attached hydrogens (tertiary/aromatic N) is 3. The fourth-order valence-electron chi connectivity index (χ4n) is 3.89. The largest absolute Gasteiger partial charge is 0.417 e. The van der Waals surface area contributed by atoms with E-state index in [1.165, 1.54) is 6.07 Å². The van der Waals surface area contributed by atoms with Crippen molar-refractivity contribution in [2.45, 2.75) is 37.8 Å². The first kappa shape index (κ1) is 22.1. The maximum Gasteiger partial charge on any atom is 0.417 e. The van der Waals surface area contributed by atoms with Crippen molar-refractivity contribution in [1.82, 2.24) is 9.97 Å². The van der Waals surface area contributed by atoms with Crippen LogP contribution < -0.4 is 21.3 Å². The van der Waals surface area contributed by atoms with Crippen molar-refractivity contribution in [3.8, 4) is 0 Å². The lowest BCUT2D eigenvalue weighted by atomic mass is 9.91. The lowest BCUT2D eigenvalue weighted by Gasteiger charge is -2.30. The monoisotopic (exact) mass is 468 g/mol. The van der Waals surface area contributed by atoms with E-state index >= 15 is 0 Å². The van der Waals surface area contributed by atoms with Gasteiger partial charge in [-0.05, 0) is 37.5 Å². The minimum absolute atomic E-state index is 0.0443. The van der Waals surface area contributed by atoms with Gasteiger partial charge in [0.2, 0.25) is 17.8 Å². The van der Waals surface area contributed by atoms with Crippen molar-refractivity contribution >= 4 is 46.7 Å².